The first-order valence-corrected chi connectivity index (χ1v) is 8.45. The minimum Gasteiger partial charge on any atom is -0.496 e. The van der Waals surface area contributed by atoms with Gasteiger partial charge in [-0.3, -0.25) is 4.79 Å². The van der Waals surface area contributed by atoms with E-state index in [2.05, 4.69) is 5.32 Å². The van der Waals surface area contributed by atoms with Gasteiger partial charge in [0.05, 0.1) is 7.11 Å². The molecule has 3 rings (SSSR count). The fourth-order valence-corrected chi connectivity index (χ4v) is 2.82. The molecule has 1 heterocycles. The SMILES string of the molecule is COc1cc(C)c(/C=C(\C#N)C(=O)NCc2ccc3c(c2)OCO3)cc1C. The largest absolute Gasteiger partial charge is 0.496 e. The summed E-state index contributed by atoms with van der Waals surface area (Å²) in [5.41, 5.74) is 3.58. The highest BCUT2D eigenvalue weighted by molar-refractivity contribution is 6.01. The predicted octanol–water partition coefficient (Wildman–Crippen LogP) is 3.26. The molecule has 0 spiro atoms. The summed E-state index contributed by atoms with van der Waals surface area (Å²) in [5.74, 6) is 1.69. The number of nitrogens with one attached hydrogen (secondary N) is 1. The Bertz CT molecular complexity index is 957. The molecule has 2 aromatic carbocycles. The maximum absolute atomic E-state index is 12.4. The van der Waals surface area contributed by atoms with Crippen molar-refractivity contribution in [3.8, 4) is 23.3 Å². The van der Waals surface area contributed by atoms with E-state index in [0.29, 0.717) is 11.5 Å². The van der Waals surface area contributed by atoms with Crippen LogP contribution < -0.4 is 19.5 Å². The molecule has 0 bridgehead atoms. The second-order valence-corrected chi connectivity index (χ2v) is 6.22. The Labute approximate surface area is 158 Å². The molecule has 0 radical (unpaired) electrons. The molecule has 0 fully saturated rings. The minimum atomic E-state index is -0.428. The van der Waals surface area contributed by atoms with Crippen molar-refractivity contribution < 1.29 is 19.0 Å². The van der Waals surface area contributed by atoms with Crippen molar-refractivity contribution >= 4 is 12.0 Å². The van der Waals surface area contributed by atoms with E-state index in [1.807, 2.05) is 44.2 Å². The van der Waals surface area contributed by atoms with Gasteiger partial charge < -0.3 is 19.5 Å². The number of hydrogen-bond donors (Lipinski definition) is 1. The number of methoxy groups -OCH3 is 1. The second kappa shape index (κ2) is 7.83. The first kappa shape index (κ1) is 18.3. The highest BCUT2D eigenvalue weighted by Gasteiger charge is 2.15. The molecule has 0 saturated carbocycles. The molecule has 1 aliphatic rings. The Morgan fingerprint density at radius 2 is 2.00 bits per heavy atom. The van der Waals surface area contributed by atoms with Crippen molar-refractivity contribution in [1.29, 1.82) is 5.26 Å². The lowest BCUT2D eigenvalue weighted by Gasteiger charge is -2.09. The maximum Gasteiger partial charge on any atom is 0.262 e. The molecule has 1 aliphatic heterocycles. The summed E-state index contributed by atoms with van der Waals surface area (Å²) < 4.78 is 15.9. The molecule has 27 heavy (non-hydrogen) atoms. The molecule has 0 aromatic heterocycles. The van der Waals surface area contributed by atoms with E-state index in [4.69, 9.17) is 14.2 Å². The van der Waals surface area contributed by atoms with Crippen LogP contribution in [0.3, 0.4) is 0 Å². The molecule has 138 valence electrons. The molecule has 6 nitrogen and oxygen atoms in total. The fraction of sp³-hybridized carbons (Fsp3) is 0.238. The number of carbonyl (C=O) groups is 1. The van der Waals surface area contributed by atoms with E-state index in [1.165, 1.54) is 0 Å². The summed E-state index contributed by atoms with van der Waals surface area (Å²) in [6.45, 7) is 4.32. The molecular formula is C21H20N2O4. The number of nitrogens with zero attached hydrogens (tertiary/aromatic N) is 1. The van der Waals surface area contributed by atoms with Crippen molar-refractivity contribution in [2.45, 2.75) is 20.4 Å². The van der Waals surface area contributed by atoms with Crippen LogP contribution in [0.1, 0.15) is 22.3 Å². The normalized spacial score (nSPS) is 12.4. The lowest BCUT2D eigenvalue weighted by atomic mass is 10.0. The van der Waals surface area contributed by atoms with E-state index in [9.17, 15) is 10.1 Å². The van der Waals surface area contributed by atoms with E-state index < -0.39 is 5.91 Å². The van der Waals surface area contributed by atoms with Crippen molar-refractivity contribution in [1.82, 2.24) is 5.32 Å². The van der Waals surface area contributed by atoms with Crippen LogP contribution in [0.2, 0.25) is 0 Å². The standard InChI is InChI=1S/C21H20N2O4/c1-13-7-19(25-3)14(2)6-16(13)9-17(10-22)21(24)23-11-15-4-5-18-20(8-15)27-12-26-18/h4-9H,11-12H2,1-3H3,(H,23,24)/b17-9+. The number of carbonyl (C=O) groups excluding carboxylic acids is 1. The van der Waals surface area contributed by atoms with Crippen LogP contribution in [-0.4, -0.2) is 19.8 Å². The maximum atomic E-state index is 12.4. The number of rotatable bonds is 5. The summed E-state index contributed by atoms with van der Waals surface area (Å²) in [4.78, 5) is 12.4. The Morgan fingerprint density at radius 3 is 2.74 bits per heavy atom. The van der Waals surface area contributed by atoms with Crippen LogP contribution in [0.5, 0.6) is 17.2 Å². The zero-order chi connectivity index (χ0) is 19.4. The average Bonchev–Trinajstić information content (AvgIpc) is 3.14. The van der Waals surface area contributed by atoms with E-state index in [0.717, 1.165) is 28.0 Å². The quantitative estimate of drug-likeness (QED) is 0.651. The van der Waals surface area contributed by atoms with Gasteiger partial charge in [0, 0.05) is 6.54 Å². The van der Waals surface area contributed by atoms with Crippen LogP contribution >= 0.6 is 0 Å². The van der Waals surface area contributed by atoms with Gasteiger partial charge in [0.2, 0.25) is 6.79 Å². The number of amides is 1. The van der Waals surface area contributed by atoms with Crippen molar-refractivity contribution in [2.24, 2.45) is 0 Å². The van der Waals surface area contributed by atoms with Crippen molar-refractivity contribution in [3.63, 3.8) is 0 Å². The van der Waals surface area contributed by atoms with Crippen LogP contribution in [0.25, 0.3) is 6.08 Å². The van der Waals surface area contributed by atoms with Gasteiger partial charge in [0.25, 0.3) is 5.91 Å². The molecule has 0 atom stereocenters. The first-order valence-electron chi connectivity index (χ1n) is 8.45. The van der Waals surface area contributed by atoms with Gasteiger partial charge in [-0.1, -0.05) is 6.07 Å². The number of benzene rings is 2. The smallest absolute Gasteiger partial charge is 0.262 e. The number of ether oxygens (including phenoxy) is 3. The van der Waals surface area contributed by atoms with Gasteiger partial charge in [-0.2, -0.15) is 5.26 Å². The van der Waals surface area contributed by atoms with E-state index in [1.54, 1.807) is 19.3 Å². The third-order valence-electron chi connectivity index (χ3n) is 4.34. The van der Waals surface area contributed by atoms with Gasteiger partial charge in [0.1, 0.15) is 17.4 Å². The predicted molar refractivity (Wildman–Crippen MR) is 100 cm³/mol. The zero-order valence-corrected chi connectivity index (χ0v) is 15.5. The summed E-state index contributed by atoms with van der Waals surface area (Å²) in [5, 5.41) is 12.2. The second-order valence-electron chi connectivity index (χ2n) is 6.22. The van der Waals surface area contributed by atoms with E-state index in [-0.39, 0.29) is 18.9 Å². The molecule has 2 aromatic rings. The van der Waals surface area contributed by atoms with E-state index >= 15 is 0 Å². The van der Waals surface area contributed by atoms with Crippen molar-refractivity contribution in [3.05, 3.63) is 58.2 Å². The van der Waals surface area contributed by atoms with Crippen LogP contribution in [0.15, 0.2) is 35.9 Å². The fourth-order valence-electron chi connectivity index (χ4n) is 2.82. The topological polar surface area (TPSA) is 80.6 Å². The molecule has 0 unspecified atom stereocenters. The minimum absolute atomic E-state index is 0.0448. The number of aryl methyl sites for hydroxylation is 2. The number of nitriles is 1. The number of hydrogen-bond acceptors (Lipinski definition) is 5. The molecular weight excluding hydrogens is 344 g/mol. The Balaban J connectivity index is 1.73. The van der Waals surface area contributed by atoms with Gasteiger partial charge >= 0.3 is 0 Å². The lowest BCUT2D eigenvalue weighted by Crippen LogP contribution is -2.24. The van der Waals surface area contributed by atoms with Gasteiger partial charge in [-0.25, -0.2) is 0 Å². The molecule has 6 heteroatoms. The van der Waals surface area contributed by atoms with Crippen molar-refractivity contribution in [2.75, 3.05) is 13.9 Å². The highest BCUT2D eigenvalue weighted by Crippen LogP contribution is 2.32. The van der Waals surface area contributed by atoms with Crippen LogP contribution in [-0.2, 0) is 11.3 Å². The van der Waals surface area contributed by atoms with Crippen LogP contribution in [0.4, 0.5) is 0 Å². The third kappa shape index (κ3) is 4.04. The molecule has 1 amide bonds. The summed E-state index contributed by atoms with van der Waals surface area (Å²) >= 11 is 0. The molecule has 1 N–H and O–H groups in total. The summed E-state index contributed by atoms with van der Waals surface area (Å²) in [7, 11) is 1.61. The molecule has 0 saturated heterocycles. The van der Waals surface area contributed by atoms with Crippen LogP contribution in [0, 0.1) is 25.2 Å². The average molecular weight is 364 g/mol. The van der Waals surface area contributed by atoms with Gasteiger partial charge in [0.15, 0.2) is 11.5 Å². The summed E-state index contributed by atoms with van der Waals surface area (Å²) in [6, 6.07) is 11.2. The lowest BCUT2D eigenvalue weighted by molar-refractivity contribution is -0.117. The third-order valence-corrected chi connectivity index (χ3v) is 4.34. The zero-order valence-electron chi connectivity index (χ0n) is 15.5. The number of fused-ring (bicyclic) bond motifs is 1. The van der Waals surface area contributed by atoms with Gasteiger partial charge in [-0.05, 0) is 66.4 Å². The Kier molecular flexibility index (Phi) is 5.32. The first-order chi connectivity index (χ1) is 13.0. The van der Waals surface area contributed by atoms with Gasteiger partial charge in [-0.15, -0.1) is 0 Å². The highest BCUT2D eigenvalue weighted by atomic mass is 16.7. The Hall–Kier alpha value is -3.46. The molecule has 0 aliphatic carbocycles. The monoisotopic (exact) mass is 364 g/mol. The Morgan fingerprint density at radius 1 is 1.22 bits per heavy atom. The summed E-state index contributed by atoms with van der Waals surface area (Å²) in [6.07, 6.45) is 1.59.